The molecule has 0 aliphatic carbocycles. The van der Waals surface area contributed by atoms with Crippen LogP contribution in [0.3, 0.4) is 0 Å². The first-order valence-corrected chi connectivity index (χ1v) is 3.58. The lowest BCUT2D eigenvalue weighted by Gasteiger charge is -2.29. The largest absolute Gasteiger partial charge is 0.493 e. The van der Waals surface area contributed by atoms with E-state index >= 15 is 0 Å². The van der Waals surface area contributed by atoms with Crippen LogP contribution in [0, 0.1) is 0 Å². The van der Waals surface area contributed by atoms with Crippen molar-refractivity contribution in [2.24, 2.45) is 5.11 Å². The van der Waals surface area contributed by atoms with Gasteiger partial charge in [-0.25, -0.2) is 0 Å². The van der Waals surface area contributed by atoms with Gasteiger partial charge in [0.15, 0.2) is 0 Å². The fourth-order valence-electron chi connectivity index (χ4n) is 0.971. The SMILES string of the molecule is [N-]=[N+]=NC1=CO[C@H](CO)[C@@H](O)[C@H]1O. The Morgan fingerprint density at radius 3 is 2.85 bits per heavy atom. The number of hydrogen-bond donors (Lipinski definition) is 3. The molecule has 0 spiro atoms. The molecule has 1 heterocycles. The van der Waals surface area contributed by atoms with E-state index in [-0.39, 0.29) is 5.70 Å². The molecule has 0 aromatic rings. The number of ether oxygens (including phenoxy) is 1. The second kappa shape index (κ2) is 4.11. The summed E-state index contributed by atoms with van der Waals surface area (Å²) >= 11 is 0. The van der Waals surface area contributed by atoms with Crippen LogP contribution in [0.2, 0.25) is 0 Å². The Labute approximate surface area is 73.5 Å². The maximum atomic E-state index is 9.30. The van der Waals surface area contributed by atoms with Crippen LogP contribution in [0.25, 0.3) is 10.4 Å². The van der Waals surface area contributed by atoms with Crippen molar-refractivity contribution >= 4 is 0 Å². The van der Waals surface area contributed by atoms with E-state index < -0.39 is 24.9 Å². The lowest BCUT2D eigenvalue weighted by Crippen LogP contribution is -2.44. The van der Waals surface area contributed by atoms with Gasteiger partial charge in [0.25, 0.3) is 0 Å². The van der Waals surface area contributed by atoms with Crippen molar-refractivity contribution in [2.45, 2.75) is 18.3 Å². The molecule has 3 atom stereocenters. The predicted octanol–water partition coefficient (Wildman–Crippen LogP) is -0.749. The van der Waals surface area contributed by atoms with Crippen LogP contribution in [0.15, 0.2) is 17.1 Å². The monoisotopic (exact) mass is 187 g/mol. The van der Waals surface area contributed by atoms with Gasteiger partial charge >= 0.3 is 0 Å². The molecule has 1 aliphatic rings. The zero-order valence-electron chi connectivity index (χ0n) is 6.61. The van der Waals surface area contributed by atoms with Gasteiger partial charge in [0.05, 0.1) is 18.6 Å². The van der Waals surface area contributed by atoms with Crippen LogP contribution in [0.5, 0.6) is 0 Å². The Balaban J connectivity index is 2.81. The lowest BCUT2D eigenvalue weighted by atomic mass is 10.0. The van der Waals surface area contributed by atoms with Gasteiger partial charge in [-0.15, -0.1) is 0 Å². The molecule has 7 nitrogen and oxygen atoms in total. The minimum absolute atomic E-state index is 0.0975. The van der Waals surface area contributed by atoms with Crippen LogP contribution >= 0.6 is 0 Å². The number of aliphatic hydroxyl groups excluding tert-OH is 3. The van der Waals surface area contributed by atoms with Crippen LogP contribution in [-0.4, -0.2) is 40.2 Å². The first-order chi connectivity index (χ1) is 6.20. The van der Waals surface area contributed by atoms with Gasteiger partial charge in [0.2, 0.25) is 0 Å². The average molecular weight is 187 g/mol. The summed E-state index contributed by atoms with van der Waals surface area (Å²) in [5.74, 6) is 0. The quantitative estimate of drug-likeness (QED) is 0.299. The molecule has 0 aromatic carbocycles. The topological polar surface area (TPSA) is 119 Å². The number of rotatable bonds is 2. The zero-order chi connectivity index (χ0) is 9.84. The summed E-state index contributed by atoms with van der Waals surface area (Å²) in [6, 6.07) is 0. The van der Waals surface area contributed by atoms with Crippen LogP contribution < -0.4 is 0 Å². The minimum atomic E-state index is -1.32. The third-order valence-corrected chi connectivity index (χ3v) is 1.71. The third-order valence-electron chi connectivity index (χ3n) is 1.71. The van der Waals surface area contributed by atoms with E-state index in [9.17, 15) is 10.2 Å². The maximum Gasteiger partial charge on any atom is 0.149 e. The van der Waals surface area contributed by atoms with Gasteiger partial charge in [-0.3, -0.25) is 0 Å². The average Bonchev–Trinajstić information content (AvgIpc) is 2.14. The van der Waals surface area contributed by atoms with Crippen molar-refractivity contribution in [2.75, 3.05) is 6.61 Å². The van der Waals surface area contributed by atoms with Crippen LogP contribution in [-0.2, 0) is 4.74 Å². The Kier molecular flexibility index (Phi) is 3.10. The van der Waals surface area contributed by atoms with E-state index in [1.807, 2.05) is 0 Å². The number of azide groups is 1. The van der Waals surface area contributed by atoms with E-state index in [1.54, 1.807) is 0 Å². The molecule has 1 aliphatic heterocycles. The molecule has 0 amide bonds. The van der Waals surface area contributed by atoms with Gasteiger partial charge in [0.1, 0.15) is 18.3 Å². The second-order valence-electron chi connectivity index (χ2n) is 2.52. The van der Waals surface area contributed by atoms with Crippen molar-refractivity contribution in [3.63, 3.8) is 0 Å². The molecule has 3 N–H and O–H groups in total. The third kappa shape index (κ3) is 1.90. The van der Waals surface area contributed by atoms with Crippen molar-refractivity contribution in [3.8, 4) is 0 Å². The molecule has 0 fully saturated rings. The highest BCUT2D eigenvalue weighted by atomic mass is 16.5. The van der Waals surface area contributed by atoms with Crippen molar-refractivity contribution in [1.29, 1.82) is 0 Å². The first-order valence-electron chi connectivity index (χ1n) is 3.58. The minimum Gasteiger partial charge on any atom is -0.493 e. The van der Waals surface area contributed by atoms with Gasteiger partial charge in [-0.05, 0) is 5.53 Å². The van der Waals surface area contributed by atoms with E-state index in [1.165, 1.54) is 0 Å². The molecule has 0 radical (unpaired) electrons. The standard InChI is InChI=1S/C6H9N3O4/c7-9-8-3-2-13-4(1-10)6(12)5(3)11/h2,4-6,10-12H,1H2/t4-,5+,6-/m1/s1. The van der Waals surface area contributed by atoms with Crippen molar-refractivity contribution in [3.05, 3.63) is 22.4 Å². The highest BCUT2D eigenvalue weighted by Crippen LogP contribution is 2.19. The summed E-state index contributed by atoms with van der Waals surface area (Å²) in [7, 11) is 0. The molecule has 0 saturated carbocycles. The normalized spacial score (nSPS) is 32.8. The Morgan fingerprint density at radius 2 is 2.31 bits per heavy atom. The van der Waals surface area contributed by atoms with Gasteiger partial charge in [-0.1, -0.05) is 5.11 Å². The van der Waals surface area contributed by atoms with Gasteiger partial charge < -0.3 is 20.1 Å². The summed E-state index contributed by atoms with van der Waals surface area (Å²) in [5.41, 5.74) is 7.97. The molecule has 0 saturated heterocycles. The number of hydrogen-bond acceptors (Lipinski definition) is 5. The fourth-order valence-corrected chi connectivity index (χ4v) is 0.971. The van der Waals surface area contributed by atoms with E-state index in [2.05, 4.69) is 10.0 Å². The molecule has 0 unspecified atom stereocenters. The Bertz CT molecular complexity index is 261. The Hall–Kier alpha value is -1.27. The Morgan fingerprint density at radius 1 is 1.62 bits per heavy atom. The van der Waals surface area contributed by atoms with Crippen molar-refractivity contribution in [1.82, 2.24) is 0 Å². The molecule has 1 rings (SSSR count). The summed E-state index contributed by atoms with van der Waals surface area (Å²) in [6.45, 7) is -0.418. The fraction of sp³-hybridized carbons (Fsp3) is 0.667. The van der Waals surface area contributed by atoms with E-state index in [0.717, 1.165) is 6.26 Å². The molecular formula is C6H9N3O4. The summed E-state index contributed by atoms with van der Waals surface area (Å²) in [5, 5.41) is 30.3. The van der Waals surface area contributed by atoms with Gasteiger partial charge in [0, 0.05) is 4.91 Å². The number of aliphatic hydroxyl groups is 3. The van der Waals surface area contributed by atoms with E-state index in [0.29, 0.717) is 0 Å². The van der Waals surface area contributed by atoms with Crippen LogP contribution in [0.4, 0.5) is 0 Å². The molecular weight excluding hydrogens is 178 g/mol. The molecule has 72 valence electrons. The zero-order valence-corrected chi connectivity index (χ0v) is 6.61. The summed E-state index contributed by atoms with van der Waals surface area (Å²) in [4.78, 5) is 2.44. The number of nitrogens with zero attached hydrogens (tertiary/aromatic N) is 3. The van der Waals surface area contributed by atoms with E-state index in [4.69, 9.17) is 15.4 Å². The molecule has 13 heavy (non-hydrogen) atoms. The summed E-state index contributed by atoms with van der Waals surface area (Å²) < 4.78 is 4.79. The van der Waals surface area contributed by atoms with Crippen LogP contribution in [0.1, 0.15) is 0 Å². The summed E-state index contributed by atoms with van der Waals surface area (Å²) in [6.07, 6.45) is -2.46. The second-order valence-corrected chi connectivity index (χ2v) is 2.52. The predicted molar refractivity (Wildman–Crippen MR) is 41.2 cm³/mol. The van der Waals surface area contributed by atoms with Crippen molar-refractivity contribution < 1.29 is 20.1 Å². The molecule has 0 aromatic heterocycles. The maximum absolute atomic E-state index is 9.30. The highest BCUT2D eigenvalue weighted by Gasteiger charge is 2.33. The first kappa shape index (κ1) is 9.82. The molecule has 7 heteroatoms. The van der Waals surface area contributed by atoms with Gasteiger partial charge in [-0.2, -0.15) is 0 Å². The molecule has 0 bridgehead atoms. The smallest absolute Gasteiger partial charge is 0.149 e. The highest BCUT2D eigenvalue weighted by molar-refractivity contribution is 5.10. The lowest BCUT2D eigenvalue weighted by molar-refractivity contribution is -0.0867.